The van der Waals surface area contributed by atoms with Crippen molar-refractivity contribution in [2.45, 2.75) is 12.5 Å². The molecule has 2 N–H and O–H groups in total. The van der Waals surface area contributed by atoms with Gasteiger partial charge in [-0.25, -0.2) is 14.2 Å². The number of hydrogen-bond acceptors (Lipinski definition) is 10. The fourth-order valence-electron chi connectivity index (χ4n) is 6.09. The second kappa shape index (κ2) is 16.6. The molecular weight excluding hydrogens is 717 g/mol. The average molecular weight is 752 g/mol. The number of amides is 3. The molecule has 1 aliphatic rings. The second-order valence-corrected chi connectivity index (χ2v) is 12.9. The van der Waals surface area contributed by atoms with E-state index in [1.807, 2.05) is 37.2 Å². The number of benzene rings is 3. The van der Waals surface area contributed by atoms with E-state index in [2.05, 4.69) is 31.1 Å². The summed E-state index contributed by atoms with van der Waals surface area (Å²) in [6.07, 6.45) is 5.38. The third-order valence-corrected chi connectivity index (χ3v) is 9.08. The van der Waals surface area contributed by atoms with Crippen molar-refractivity contribution in [1.82, 2.24) is 40.3 Å². The number of fused-ring (bicyclic) bond motifs is 1. The van der Waals surface area contributed by atoms with Crippen LogP contribution >= 0.6 is 11.6 Å². The first-order chi connectivity index (χ1) is 26.0. The van der Waals surface area contributed by atoms with Gasteiger partial charge in [-0.3, -0.25) is 14.4 Å². The quantitative estimate of drug-likeness (QED) is 0.146. The number of anilines is 1. The molecule has 3 aromatic carbocycles. The highest BCUT2D eigenvalue weighted by Gasteiger charge is 2.36. The maximum atomic E-state index is 15.3. The normalized spacial score (nSPS) is 13.8. The molecule has 0 unspecified atom stereocenters. The third-order valence-electron chi connectivity index (χ3n) is 8.79. The van der Waals surface area contributed by atoms with E-state index in [0.29, 0.717) is 30.6 Å². The third kappa shape index (κ3) is 8.17. The van der Waals surface area contributed by atoms with Crippen LogP contribution in [-0.2, 0) is 20.7 Å². The van der Waals surface area contributed by atoms with Gasteiger partial charge in [0.15, 0.2) is 5.82 Å². The lowest BCUT2D eigenvalue weighted by Crippen LogP contribution is -2.45. The van der Waals surface area contributed by atoms with Gasteiger partial charge in [-0.15, -0.1) is 5.10 Å². The van der Waals surface area contributed by atoms with Crippen LogP contribution in [0.3, 0.4) is 0 Å². The topological polar surface area (TPSA) is 165 Å². The molecule has 0 saturated carbocycles. The van der Waals surface area contributed by atoms with E-state index in [1.54, 1.807) is 24.3 Å². The minimum absolute atomic E-state index is 0.0337. The van der Waals surface area contributed by atoms with Crippen molar-refractivity contribution in [1.29, 1.82) is 0 Å². The maximum Gasteiger partial charge on any atom is 0.339 e. The summed E-state index contributed by atoms with van der Waals surface area (Å²) in [5, 5.41) is 16.6. The fourth-order valence-corrected chi connectivity index (χ4v) is 6.26. The Kier molecular flexibility index (Phi) is 11.5. The van der Waals surface area contributed by atoms with Crippen molar-refractivity contribution >= 4 is 47.2 Å². The standard InChI is InChI=1S/C38H35ClFN9O5/c1-47(2)20-18-41-36(51)24-9-7-23(8-10-24)26-5-4-6-28-27(26)17-19-48(35(28)37(52)44-32-15-11-25(21-42-32)38(53)54-3)33(50)16-12-29-31(49-22-43-45-46-49)14-13-30(39)34(29)40/h4-16,21-22,35H,17-20H2,1-3H3,(H,41,51)(H,42,44,52)/b16-12+/t35-/m0/s1. The summed E-state index contributed by atoms with van der Waals surface area (Å²) in [7, 11) is 5.11. The molecule has 1 atom stereocenters. The number of rotatable bonds is 11. The number of halogens is 2. The number of carbonyl (C=O) groups excluding carboxylic acids is 4. The van der Waals surface area contributed by atoms with Gasteiger partial charge in [-0.1, -0.05) is 41.9 Å². The highest BCUT2D eigenvalue weighted by molar-refractivity contribution is 6.31. The van der Waals surface area contributed by atoms with Gasteiger partial charge in [0.1, 0.15) is 18.2 Å². The van der Waals surface area contributed by atoms with Crippen molar-refractivity contribution in [3.63, 3.8) is 0 Å². The predicted molar refractivity (Wildman–Crippen MR) is 198 cm³/mol. The first-order valence-corrected chi connectivity index (χ1v) is 17.1. The summed E-state index contributed by atoms with van der Waals surface area (Å²) < 4.78 is 21.3. The Morgan fingerprint density at radius 2 is 1.81 bits per heavy atom. The molecule has 276 valence electrons. The molecule has 0 fully saturated rings. The molecule has 54 heavy (non-hydrogen) atoms. The van der Waals surface area contributed by atoms with Crippen LogP contribution < -0.4 is 10.6 Å². The van der Waals surface area contributed by atoms with E-state index in [4.69, 9.17) is 16.3 Å². The number of methoxy groups -OCH3 is 1. The van der Waals surface area contributed by atoms with Crippen LogP contribution in [0.4, 0.5) is 10.2 Å². The Labute approximate surface area is 314 Å². The van der Waals surface area contributed by atoms with Crippen LogP contribution in [0.15, 0.2) is 85.3 Å². The van der Waals surface area contributed by atoms with Gasteiger partial charge < -0.3 is 25.2 Å². The van der Waals surface area contributed by atoms with Gasteiger partial charge in [-0.2, -0.15) is 4.68 Å². The Balaban J connectivity index is 1.33. The highest BCUT2D eigenvalue weighted by atomic mass is 35.5. The predicted octanol–water partition coefficient (Wildman–Crippen LogP) is 4.37. The Bertz CT molecular complexity index is 2210. The van der Waals surface area contributed by atoms with Gasteiger partial charge in [-0.05, 0) is 95.7 Å². The van der Waals surface area contributed by atoms with Gasteiger partial charge in [0, 0.05) is 43.0 Å². The number of tetrazole rings is 1. The zero-order chi connectivity index (χ0) is 38.4. The van der Waals surface area contributed by atoms with E-state index < -0.39 is 29.6 Å². The average Bonchev–Trinajstić information content (AvgIpc) is 3.72. The zero-order valence-electron chi connectivity index (χ0n) is 29.5. The van der Waals surface area contributed by atoms with Crippen LogP contribution in [0.2, 0.25) is 5.02 Å². The molecule has 6 rings (SSSR count). The number of hydrogen-bond donors (Lipinski definition) is 2. The molecule has 16 heteroatoms. The van der Waals surface area contributed by atoms with Crippen molar-refractivity contribution in [2.75, 3.05) is 46.2 Å². The van der Waals surface area contributed by atoms with E-state index in [1.165, 1.54) is 65.6 Å². The Hall–Kier alpha value is -6.32. The second-order valence-electron chi connectivity index (χ2n) is 12.5. The van der Waals surface area contributed by atoms with Crippen LogP contribution in [0.25, 0.3) is 22.9 Å². The number of esters is 1. The minimum atomic E-state index is -1.14. The molecule has 14 nitrogen and oxygen atoms in total. The van der Waals surface area contributed by atoms with Crippen molar-refractivity contribution in [2.24, 2.45) is 0 Å². The van der Waals surface area contributed by atoms with Crippen molar-refractivity contribution in [3.8, 4) is 16.8 Å². The molecule has 0 radical (unpaired) electrons. The van der Waals surface area contributed by atoms with Crippen molar-refractivity contribution in [3.05, 3.63) is 124 Å². The molecular formula is C38H35ClFN9O5. The molecule has 3 heterocycles. The number of pyridine rings is 1. The number of nitrogens with one attached hydrogen (secondary N) is 2. The van der Waals surface area contributed by atoms with Gasteiger partial charge in [0.25, 0.3) is 11.8 Å². The molecule has 0 saturated heterocycles. The van der Waals surface area contributed by atoms with E-state index in [0.717, 1.165) is 16.7 Å². The monoisotopic (exact) mass is 751 g/mol. The first-order valence-electron chi connectivity index (χ1n) is 16.8. The van der Waals surface area contributed by atoms with Crippen molar-refractivity contribution < 1.29 is 28.3 Å². The molecule has 2 aromatic heterocycles. The summed E-state index contributed by atoms with van der Waals surface area (Å²) in [6.45, 7) is 1.34. The van der Waals surface area contributed by atoms with Crippen LogP contribution in [-0.4, -0.2) is 99.5 Å². The number of nitrogens with zero attached hydrogens (tertiary/aromatic N) is 7. The highest BCUT2D eigenvalue weighted by Crippen LogP contribution is 2.37. The number of carbonyl (C=O) groups is 4. The van der Waals surface area contributed by atoms with E-state index >= 15 is 4.39 Å². The molecule has 0 spiro atoms. The Morgan fingerprint density at radius 1 is 1.04 bits per heavy atom. The number of likely N-dealkylation sites (N-methyl/N-ethyl adjacent to an activating group) is 1. The molecule has 5 aromatic rings. The summed E-state index contributed by atoms with van der Waals surface area (Å²) in [5.41, 5.74) is 3.97. The maximum absolute atomic E-state index is 15.3. The Morgan fingerprint density at radius 3 is 2.50 bits per heavy atom. The van der Waals surface area contributed by atoms with Crippen LogP contribution in [0.5, 0.6) is 0 Å². The number of ether oxygens (including phenoxy) is 1. The molecule has 1 aliphatic heterocycles. The zero-order valence-corrected chi connectivity index (χ0v) is 30.2. The number of aromatic nitrogens is 5. The smallest absolute Gasteiger partial charge is 0.339 e. The largest absolute Gasteiger partial charge is 0.465 e. The summed E-state index contributed by atoms with van der Waals surface area (Å²) >= 11 is 6.09. The van der Waals surface area contributed by atoms with Crippen LogP contribution in [0, 0.1) is 5.82 Å². The summed E-state index contributed by atoms with van der Waals surface area (Å²) in [5.74, 6) is -2.56. The summed E-state index contributed by atoms with van der Waals surface area (Å²) in [4.78, 5) is 60.4. The summed E-state index contributed by atoms with van der Waals surface area (Å²) in [6, 6.07) is 17.3. The van der Waals surface area contributed by atoms with E-state index in [9.17, 15) is 19.2 Å². The first kappa shape index (κ1) is 37.4. The lowest BCUT2D eigenvalue weighted by atomic mass is 9.86. The molecule has 0 aliphatic carbocycles. The molecule has 0 bridgehead atoms. The SMILES string of the molecule is COC(=O)c1ccc(NC(=O)[C@@H]2c3cccc(-c4ccc(C(=O)NCCN(C)C)cc4)c3CCN2C(=O)/C=C/c2c(-n3cnnn3)ccc(Cl)c2F)nc1. The van der Waals surface area contributed by atoms with Gasteiger partial charge >= 0.3 is 5.97 Å². The lowest BCUT2D eigenvalue weighted by Gasteiger charge is -2.36. The van der Waals surface area contributed by atoms with Gasteiger partial charge in [0.05, 0.1) is 23.4 Å². The van der Waals surface area contributed by atoms with Crippen LogP contribution in [0.1, 0.15) is 43.4 Å². The lowest BCUT2D eigenvalue weighted by molar-refractivity contribution is -0.135. The van der Waals surface area contributed by atoms with Gasteiger partial charge in [0.2, 0.25) is 5.91 Å². The van der Waals surface area contributed by atoms with E-state index in [-0.39, 0.29) is 40.1 Å². The fraction of sp³-hybridized carbons (Fsp3) is 0.211. The minimum Gasteiger partial charge on any atom is -0.465 e. The molecule has 3 amide bonds.